The third-order valence-electron chi connectivity index (χ3n) is 6.17. The Morgan fingerprint density at radius 3 is 2.53 bits per heavy atom. The predicted molar refractivity (Wildman–Crippen MR) is 125 cm³/mol. The first-order valence-electron chi connectivity index (χ1n) is 10.5. The van der Waals surface area contributed by atoms with Crippen LogP contribution in [0.4, 0.5) is 5.95 Å². The van der Waals surface area contributed by atoms with Crippen molar-refractivity contribution in [3.05, 3.63) is 52.9 Å². The molecule has 0 bridgehead atoms. The maximum absolute atomic E-state index is 6.23. The van der Waals surface area contributed by atoms with Crippen LogP contribution in [0.15, 0.2) is 36.7 Å². The zero-order valence-corrected chi connectivity index (χ0v) is 18.6. The van der Waals surface area contributed by atoms with E-state index in [-0.39, 0.29) is 12.4 Å². The van der Waals surface area contributed by atoms with Crippen LogP contribution in [-0.4, -0.2) is 70.6 Å². The molecule has 160 valence electrons. The van der Waals surface area contributed by atoms with E-state index in [0.717, 1.165) is 69.7 Å². The summed E-state index contributed by atoms with van der Waals surface area (Å²) in [5, 5.41) is 2.10. The minimum Gasteiger partial charge on any atom is -0.358 e. The molecule has 8 heteroatoms. The second kappa shape index (κ2) is 9.52. The third kappa shape index (κ3) is 4.57. The average Bonchev–Trinajstić information content (AvgIpc) is 3.12. The first-order valence-corrected chi connectivity index (χ1v) is 10.9. The molecule has 3 aromatic rings. The Kier molecular flexibility index (Phi) is 6.78. The van der Waals surface area contributed by atoms with Crippen molar-refractivity contribution in [3.8, 4) is 0 Å². The quantitative estimate of drug-likeness (QED) is 0.648. The Morgan fingerprint density at radius 2 is 1.73 bits per heavy atom. The lowest BCUT2D eigenvalue weighted by Gasteiger charge is -2.35. The van der Waals surface area contributed by atoms with E-state index in [1.807, 2.05) is 24.5 Å². The van der Waals surface area contributed by atoms with E-state index in [0.29, 0.717) is 0 Å². The highest BCUT2D eigenvalue weighted by Gasteiger charge is 2.22. The Hall–Kier alpha value is -1.86. The van der Waals surface area contributed by atoms with Crippen LogP contribution in [-0.2, 0) is 13.0 Å². The molecular weight excluding hydrogens is 419 g/mol. The molecule has 2 aliphatic heterocycles. The molecule has 4 heterocycles. The van der Waals surface area contributed by atoms with Crippen LogP contribution in [0, 0.1) is 0 Å². The van der Waals surface area contributed by atoms with Gasteiger partial charge in [-0.3, -0.25) is 9.80 Å². The highest BCUT2D eigenvalue weighted by Crippen LogP contribution is 2.29. The van der Waals surface area contributed by atoms with Gasteiger partial charge in [0.05, 0.1) is 0 Å². The fraction of sp³-hybridized carbons (Fsp3) is 0.455. The Bertz CT molecular complexity index is 968. The first kappa shape index (κ1) is 21.4. The van der Waals surface area contributed by atoms with Gasteiger partial charge in [0, 0.05) is 79.7 Å². The molecular formula is C22H28Cl2N6. The van der Waals surface area contributed by atoms with Crippen LogP contribution in [0.5, 0.6) is 0 Å². The summed E-state index contributed by atoms with van der Waals surface area (Å²) in [7, 11) is 0. The minimum absolute atomic E-state index is 0. The SMILES string of the molecule is Cl.Clc1ccc2[nH]c3c(c2c1)CN(CCCN1CCN(c2ncccn2)CC1)CC3. The fourth-order valence-electron chi connectivity index (χ4n) is 4.58. The number of nitrogens with zero attached hydrogens (tertiary/aromatic N) is 5. The van der Waals surface area contributed by atoms with Crippen LogP contribution >= 0.6 is 24.0 Å². The monoisotopic (exact) mass is 446 g/mol. The lowest BCUT2D eigenvalue weighted by molar-refractivity contribution is 0.209. The number of aromatic amines is 1. The summed E-state index contributed by atoms with van der Waals surface area (Å²) in [6.45, 7) is 8.65. The lowest BCUT2D eigenvalue weighted by atomic mass is 10.0. The topological polar surface area (TPSA) is 51.3 Å². The average molecular weight is 447 g/mol. The third-order valence-corrected chi connectivity index (χ3v) is 6.41. The van der Waals surface area contributed by atoms with E-state index < -0.39 is 0 Å². The highest BCUT2D eigenvalue weighted by atomic mass is 35.5. The molecule has 0 unspecified atom stereocenters. The van der Waals surface area contributed by atoms with Gasteiger partial charge in [0.15, 0.2) is 0 Å². The maximum Gasteiger partial charge on any atom is 0.225 e. The van der Waals surface area contributed by atoms with E-state index in [2.05, 4.69) is 41.8 Å². The number of rotatable bonds is 5. The fourth-order valence-corrected chi connectivity index (χ4v) is 4.75. The molecule has 5 rings (SSSR count). The molecule has 30 heavy (non-hydrogen) atoms. The zero-order chi connectivity index (χ0) is 19.6. The smallest absolute Gasteiger partial charge is 0.225 e. The summed E-state index contributed by atoms with van der Waals surface area (Å²) in [5.41, 5.74) is 4.03. The molecule has 0 amide bonds. The van der Waals surface area contributed by atoms with Crippen molar-refractivity contribution >= 4 is 40.9 Å². The molecule has 0 saturated carbocycles. The van der Waals surface area contributed by atoms with Crippen molar-refractivity contribution < 1.29 is 0 Å². The molecule has 0 atom stereocenters. The lowest BCUT2D eigenvalue weighted by Crippen LogP contribution is -2.47. The Morgan fingerprint density at radius 1 is 0.967 bits per heavy atom. The summed E-state index contributed by atoms with van der Waals surface area (Å²) in [6, 6.07) is 8.04. The Balaban J connectivity index is 0.00000218. The minimum atomic E-state index is 0. The normalized spacial score (nSPS) is 17.7. The van der Waals surface area contributed by atoms with Crippen molar-refractivity contribution in [1.29, 1.82) is 0 Å². The number of hydrogen-bond donors (Lipinski definition) is 1. The van der Waals surface area contributed by atoms with E-state index in [1.54, 1.807) is 0 Å². The molecule has 6 nitrogen and oxygen atoms in total. The van der Waals surface area contributed by atoms with E-state index in [1.165, 1.54) is 28.6 Å². The molecule has 0 spiro atoms. The molecule has 2 aliphatic rings. The van der Waals surface area contributed by atoms with Crippen molar-refractivity contribution in [2.75, 3.05) is 50.7 Å². The Labute approximate surface area is 188 Å². The number of piperazine rings is 1. The molecule has 1 N–H and O–H groups in total. The molecule has 1 saturated heterocycles. The number of fused-ring (bicyclic) bond motifs is 3. The second-order valence-corrected chi connectivity index (χ2v) is 8.47. The number of anilines is 1. The van der Waals surface area contributed by atoms with Gasteiger partial charge in [-0.1, -0.05) is 11.6 Å². The summed E-state index contributed by atoms with van der Waals surface area (Å²) in [4.78, 5) is 19.8. The van der Waals surface area contributed by atoms with Gasteiger partial charge in [-0.25, -0.2) is 9.97 Å². The van der Waals surface area contributed by atoms with Gasteiger partial charge in [-0.15, -0.1) is 12.4 Å². The van der Waals surface area contributed by atoms with Crippen LogP contribution < -0.4 is 4.90 Å². The van der Waals surface area contributed by atoms with Gasteiger partial charge in [0.2, 0.25) is 5.95 Å². The summed E-state index contributed by atoms with van der Waals surface area (Å²) in [5.74, 6) is 0.857. The van der Waals surface area contributed by atoms with Gasteiger partial charge in [0.1, 0.15) is 0 Å². The maximum atomic E-state index is 6.23. The number of benzene rings is 1. The highest BCUT2D eigenvalue weighted by molar-refractivity contribution is 6.31. The van der Waals surface area contributed by atoms with Crippen LogP contribution in [0.1, 0.15) is 17.7 Å². The van der Waals surface area contributed by atoms with Gasteiger partial charge < -0.3 is 9.88 Å². The van der Waals surface area contributed by atoms with E-state index in [4.69, 9.17) is 11.6 Å². The second-order valence-electron chi connectivity index (χ2n) is 8.03. The molecule has 2 aromatic heterocycles. The number of H-pyrrole nitrogens is 1. The van der Waals surface area contributed by atoms with Crippen molar-refractivity contribution in [3.63, 3.8) is 0 Å². The number of nitrogens with one attached hydrogen (secondary N) is 1. The van der Waals surface area contributed by atoms with Gasteiger partial charge >= 0.3 is 0 Å². The number of hydrogen-bond acceptors (Lipinski definition) is 5. The van der Waals surface area contributed by atoms with Crippen LogP contribution in [0.2, 0.25) is 5.02 Å². The summed E-state index contributed by atoms with van der Waals surface area (Å²) in [6.07, 6.45) is 5.94. The van der Waals surface area contributed by atoms with Crippen molar-refractivity contribution in [2.45, 2.75) is 19.4 Å². The molecule has 0 radical (unpaired) electrons. The van der Waals surface area contributed by atoms with Crippen molar-refractivity contribution in [2.24, 2.45) is 0 Å². The summed E-state index contributed by atoms with van der Waals surface area (Å²) < 4.78 is 0. The zero-order valence-electron chi connectivity index (χ0n) is 17.1. The summed E-state index contributed by atoms with van der Waals surface area (Å²) >= 11 is 6.23. The standard InChI is InChI=1S/C22H27ClN6.ClH/c23-17-3-4-20-18(15-17)19-16-28(10-5-21(19)26-20)9-2-8-27-11-13-29(14-12-27)22-24-6-1-7-25-22;/h1,3-4,6-7,15,26H,2,5,8-14,16H2;1H. The van der Waals surface area contributed by atoms with Crippen molar-refractivity contribution in [1.82, 2.24) is 24.8 Å². The number of aromatic nitrogens is 3. The molecule has 0 aliphatic carbocycles. The van der Waals surface area contributed by atoms with E-state index in [9.17, 15) is 0 Å². The predicted octanol–water partition coefficient (Wildman–Crippen LogP) is 3.60. The molecule has 1 aromatic carbocycles. The van der Waals surface area contributed by atoms with Crippen LogP contribution in [0.3, 0.4) is 0 Å². The van der Waals surface area contributed by atoms with Gasteiger partial charge in [-0.2, -0.15) is 0 Å². The van der Waals surface area contributed by atoms with Crippen LogP contribution in [0.25, 0.3) is 10.9 Å². The van der Waals surface area contributed by atoms with Gasteiger partial charge in [0.25, 0.3) is 0 Å². The number of halogens is 2. The largest absolute Gasteiger partial charge is 0.358 e. The molecule has 1 fully saturated rings. The first-order chi connectivity index (χ1) is 14.3. The van der Waals surface area contributed by atoms with Gasteiger partial charge in [-0.05, 0) is 49.3 Å². The van der Waals surface area contributed by atoms with E-state index >= 15 is 0 Å².